The molecule has 0 radical (unpaired) electrons. The molecule has 2 aromatic rings. The van der Waals surface area contributed by atoms with Crippen molar-refractivity contribution in [3.8, 4) is 6.07 Å². The zero-order valence-corrected chi connectivity index (χ0v) is 14.6. The van der Waals surface area contributed by atoms with Gasteiger partial charge in [-0.3, -0.25) is 9.48 Å². The van der Waals surface area contributed by atoms with Crippen molar-refractivity contribution < 1.29 is 4.79 Å². The molecule has 2 unspecified atom stereocenters. The summed E-state index contributed by atoms with van der Waals surface area (Å²) in [6.07, 6.45) is 5.54. The van der Waals surface area contributed by atoms with E-state index >= 15 is 0 Å². The highest BCUT2D eigenvalue weighted by atomic mass is 32.1. The van der Waals surface area contributed by atoms with Gasteiger partial charge in [-0.2, -0.15) is 10.4 Å². The van der Waals surface area contributed by atoms with E-state index < -0.39 is 0 Å². The van der Waals surface area contributed by atoms with E-state index in [1.807, 2.05) is 29.1 Å². The summed E-state index contributed by atoms with van der Waals surface area (Å²) < 4.78 is 1.92. The Morgan fingerprint density at radius 1 is 1.50 bits per heavy atom. The topological polar surface area (TPSA) is 70.7 Å². The summed E-state index contributed by atoms with van der Waals surface area (Å²) in [5, 5.41) is 18.3. The number of thiophene rings is 1. The van der Waals surface area contributed by atoms with Crippen LogP contribution in [0.2, 0.25) is 0 Å². The fraction of sp³-hybridized carbons (Fsp3) is 0.389. The number of aromatic nitrogens is 2. The monoisotopic (exact) mass is 340 g/mol. The van der Waals surface area contributed by atoms with Crippen molar-refractivity contribution in [2.24, 2.45) is 0 Å². The zero-order chi connectivity index (χ0) is 17.1. The zero-order valence-electron chi connectivity index (χ0n) is 13.8. The number of nitriles is 1. The number of aryl methyl sites for hydroxylation is 2. The molecule has 0 spiro atoms. The Morgan fingerprint density at radius 2 is 2.33 bits per heavy atom. The number of carbonyl (C=O) groups excluding carboxylic acids is 1. The third-order valence-corrected chi connectivity index (χ3v) is 5.26. The Labute approximate surface area is 145 Å². The van der Waals surface area contributed by atoms with Crippen molar-refractivity contribution in [3.05, 3.63) is 51.5 Å². The molecule has 0 aliphatic heterocycles. The van der Waals surface area contributed by atoms with Gasteiger partial charge in [0.1, 0.15) is 0 Å². The molecule has 2 atom stereocenters. The van der Waals surface area contributed by atoms with Crippen LogP contribution in [0, 0.1) is 25.2 Å². The van der Waals surface area contributed by atoms with Gasteiger partial charge in [-0.05, 0) is 31.7 Å². The maximum Gasteiger partial charge on any atom is 0.261 e. The van der Waals surface area contributed by atoms with Crippen molar-refractivity contribution in [2.45, 2.75) is 45.2 Å². The first-order valence-electron chi connectivity index (χ1n) is 8.03. The van der Waals surface area contributed by atoms with Gasteiger partial charge >= 0.3 is 0 Å². The fourth-order valence-corrected chi connectivity index (χ4v) is 3.92. The van der Waals surface area contributed by atoms with E-state index in [4.69, 9.17) is 5.26 Å². The van der Waals surface area contributed by atoms with Gasteiger partial charge in [-0.15, -0.1) is 11.3 Å². The summed E-state index contributed by atoms with van der Waals surface area (Å²) in [6.45, 7) is 4.69. The van der Waals surface area contributed by atoms with Gasteiger partial charge in [0, 0.05) is 23.2 Å². The van der Waals surface area contributed by atoms with Gasteiger partial charge in [-0.1, -0.05) is 18.2 Å². The lowest BCUT2D eigenvalue weighted by atomic mass is 9.96. The highest BCUT2D eigenvalue weighted by molar-refractivity contribution is 7.12. The van der Waals surface area contributed by atoms with Crippen molar-refractivity contribution in [1.82, 2.24) is 15.1 Å². The molecule has 5 nitrogen and oxygen atoms in total. The van der Waals surface area contributed by atoms with E-state index in [9.17, 15) is 4.79 Å². The number of hydrogen-bond acceptors (Lipinski definition) is 4. The number of amides is 1. The third-order valence-electron chi connectivity index (χ3n) is 4.39. The summed E-state index contributed by atoms with van der Waals surface area (Å²) in [7, 11) is 0. The Bertz CT molecular complexity index is 798. The maximum atomic E-state index is 12.2. The number of nitrogens with zero attached hydrogens (tertiary/aromatic N) is 3. The number of hydrogen-bond donors (Lipinski definition) is 1. The third kappa shape index (κ3) is 3.26. The molecule has 1 aliphatic carbocycles. The molecule has 124 valence electrons. The van der Waals surface area contributed by atoms with Crippen molar-refractivity contribution >= 4 is 17.2 Å². The minimum Gasteiger partial charge on any atom is -0.345 e. The molecule has 0 saturated carbocycles. The standard InChI is InChI=1S/C18H20N4OS/c1-12-17(13(2)22(21-12)9-4-8-19)14-6-7-15(11-14)20-18(23)16-5-3-10-24-16/h3,5-7,10,14-15H,4,9,11H2,1-2H3,(H,20,23). The van der Waals surface area contributed by atoms with Crippen LogP contribution in [0.25, 0.3) is 0 Å². The Hall–Kier alpha value is -2.39. The van der Waals surface area contributed by atoms with Crippen LogP contribution in [0.4, 0.5) is 0 Å². The van der Waals surface area contributed by atoms with Crippen LogP contribution in [-0.2, 0) is 6.54 Å². The number of carbonyl (C=O) groups is 1. The van der Waals surface area contributed by atoms with E-state index in [2.05, 4.69) is 35.6 Å². The molecule has 0 aromatic carbocycles. The maximum absolute atomic E-state index is 12.2. The Balaban J connectivity index is 1.68. The average molecular weight is 340 g/mol. The van der Waals surface area contributed by atoms with Gasteiger partial charge in [0.25, 0.3) is 5.91 Å². The first-order chi connectivity index (χ1) is 11.6. The lowest BCUT2D eigenvalue weighted by Gasteiger charge is -2.14. The summed E-state index contributed by atoms with van der Waals surface area (Å²) in [5.74, 6) is 0.243. The predicted molar refractivity (Wildman–Crippen MR) is 94.0 cm³/mol. The smallest absolute Gasteiger partial charge is 0.261 e. The minimum atomic E-state index is -0.0153. The van der Waals surface area contributed by atoms with Crippen LogP contribution < -0.4 is 5.32 Å². The van der Waals surface area contributed by atoms with E-state index in [1.54, 1.807) is 0 Å². The minimum absolute atomic E-state index is 0.0153. The molecule has 0 bridgehead atoms. The fourth-order valence-electron chi connectivity index (χ4n) is 3.29. The largest absolute Gasteiger partial charge is 0.345 e. The highest BCUT2D eigenvalue weighted by Gasteiger charge is 2.26. The van der Waals surface area contributed by atoms with E-state index in [0.29, 0.717) is 13.0 Å². The molecule has 0 saturated heterocycles. The van der Waals surface area contributed by atoms with Gasteiger partial charge in [-0.25, -0.2) is 0 Å². The molecule has 1 amide bonds. The summed E-state index contributed by atoms with van der Waals surface area (Å²) >= 11 is 1.45. The lowest BCUT2D eigenvalue weighted by molar-refractivity contribution is 0.0948. The van der Waals surface area contributed by atoms with Crippen molar-refractivity contribution in [3.63, 3.8) is 0 Å². The molecule has 2 heterocycles. The average Bonchev–Trinajstić information content (AvgIpc) is 3.27. The number of nitrogens with one attached hydrogen (secondary N) is 1. The van der Waals surface area contributed by atoms with Gasteiger partial charge in [0.2, 0.25) is 0 Å². The molecule has 24 heavy (non-hydrogen) atoms. The van der Waals surface area contributed by atoms with Crippen LogP contribution in [0.1, 0.15) is 45.4 Å². The van der Waals surface area contributed by atoms with Crippen LogP contribution in [-0.4, -0.2) is 21.7 Å². The number of rotatable bonds is 5. The molecule has 0 fully saturated rings. The second-order valence-corrected chi connectivity index (χ2v) is 6.95. The first-order valence-corrected chi connectivity index (χ1v) is 8.91. The quantitative estimate of drug-likeness (QED) is 0.849. The van der Waals surface area contributed by atoms with Crippen LogP contribution in [0.15, 0.2) is 29.7 Å². The van der Waals surface area contributed by atoms with Gasteiger partial charge < -0.3 is 5.32 Å². The lowest BCUT2D eigenvalue weighted by Crippen LogP contribution is -2.32. The molecular weight excluding hydrogens is 320 g/mol. The summed E-state index contributed by atoms with van der Waals surface area (Å²) in [5.41, 5.74) is 3.34. The van der Waals surface area contributed by atoms with Crippen LogP contribution >= 0.6 is 11.3 Å². The van der Waals surface area contributed by atoms with Crippen molar-refractivity contribution in [2.75, 3.05) is 0 Å². The predicted octanol–water partition coefficient (Wildman–Crippen LogP) is 3.32. The van der Waals surface area contributed by atoms with E-state index in [0.717, 1.165) is 22.7 Å². The molecule has 3 rings (SSSR count). The molecular formula is C18H20N4OS. The van der Waals surface area contributed by atoms with Crippen LogP contribution in [0.3, 0.4) is 0 Å². The second-order valence-electron chi connectivity index (χ2n) is 6.00. The molecule has 1 aliphatic rings. The van der Waals surface area contributed by atoms with Crippen LogP contribution in [0.5, 0.6) is 0 Å². The van der Waals surface area contributed by atoms with Gasteiger partial charge in [0.05, 0.1) is 29.6 Å². The highest BCUT2D eigenvalue weighted by Crippen LogP contribution is 2.33. The molecule has 6 heteroatoms. The van der Waals surface area contributed by atoms with E-state index in [1.165, 1.54) is 16.9 Å². The molecule has 1 N–H and O–H groups in total. The molecule has 2 aromatic heterocycles. The van der Waals surface area contributed by atoms with Gasteiger partial charge in [0.15, 0.2) is 0 Å². The second kappa shape index (κ2) is 7.02. The Kier molecular flexibility index (Phi) is 4.81. The summed E-state index contributed by atoms with van der Waals surface area (Å²) in [4.78, 5) is 12.9. The summed E-state index contributed by atoms with van der Waals surface area (Å²) in [6, 6.07) is 5.93. The number of allylic oxidation sites excluding steroid dienone is 1. The first kappa shape index (κ1) is 16.5. The Morgan fingerprint density at radius 3 is 3.04 bits per heavy atom. The normalized spacial score (nSPS) is 19.4. The van der Waals surface area contributed by atoms with E-state index in [-0.39, 0.29) is 17.9 Å². The van der Waals surface area contributed by atoms with Crippen molar-refractivity contribution in [1.29, 1.82) is 5.26 Å². The SMILES string of the molecule is Cc1nn(CCC#N)c(C)c1C1C=CC(NC(=O)c2cccs2)C1.